The SMILES string of the molecule is CCCOCCCN1CC(=O)NCC1=O. The van der Waals surface area contributed by atoms with Gasteiger partial charge in [-0.15, -0.1) is 0 Å². The average Bonchev–Trinajstić information content (AvgIpc) is 2.23. The fraction of sp³-hybridized carbons (Fsp3) is 0.800. The zero-order valence-corrected chi connectivity index (χ0v) is 9.12. The number of carbonyl (C=O) groups excluding carboxylic acids is 2. The number of rotatable bonds is 6. The van der Waals surface area contributed by atoms with Gasteiger partial charge in [0.25, 0.3) is 0 Å². The van der Waals surface area contributed by atoms with Gasteiger partial charge in [0.2, 0.25) is 11.8 Å². The minimum atomic E-state index is -0.0796. The van der Waals surface area contributed by atoms with Crippen molar-refractivity contribution in [3.05, 3.63) is 0 Å². The molecule has 1 fully saturated rings. The maximum Gasteiger partial charge on any atom is 0.242 e. The summed E-state index contributed by atoms with van der Waals surface area (Å²) in [5, 5.41) is 2.51. The van der Waals surface area contributed by atoms with Crippen LogP contribution < -0.4 is 5.32 Å². The Morgan fingerprint density at radius 2 is 2.20 bits per heavy atom. The fourth-order valence-corrected chi connectivity index (χ4v) is 1.41. The lowest BCUT2D eigenvalue weighted by Crippen LogP contribution is -2.51. The Labute approximate surface area is 89.8 Å². The van der Waals surface area contributed by atoms with Crippen molar-refractivity contribution in [1.82, 2.24) is 10.2 Å². The fourth-order valence-electron chi connectivity index (χ4n) is 1.41. The lowest BCUT2D eigenvalue weighted by molar-refractivity contribution is -0.140. The Kier molecular flexibility index (Phi) is 5.10. The Balaban J connectivity index is 2.13. The van der Waals surface area contributed by atoms with E-state index in [1.165, 1.54) is 0 Å². The molecule has 0 radical (unpaired) electrons. The second-order valence-corrected chi connectivity index (χ2v) is 3.56. The molecule has 0 aliphatic carbocycles. The lowest BCUT2D eigenvalue weighted by atomic mass is 10.3. The summed E-state index contributed by atoms with van der Waals surface area (Å²) in [6.07, 6.45) is 1.80. The summed E-state index contributed by atoms with van der Waals surface area (Å²) in [6.45, 7) is 4.39. The first-order valence-corrected chi connectivity index (χ1v) is 5.36. The van der Waals surface area contributed by atoms with Crippen LogP contribution in [-0.4, -0.2) is 49.6 Å². The number of amides is 2. The number of carbonyl (C=O) groups is 2. The van der Waals surface area contributed by atoms with Crippen LogP contribution >= 0.6 is 0 Å². The molecule has 1 rings (SSSR count). The van der Waals surface area contributed by atoms with Crippen LogP contribution in [0.2, 0.25) is 0 Å². The highest BCUT2D eigenvalue weighted by Gasteiger charge is 2.21. The van der Waals surface area contributed by atoms with Crippen molar-refractivity contribution in [3.8, 4) is 0 Å². The molecule has 5 heteroatoms. The van der Waals surface area contributed by atoms with Crippen LogP contribution in [0.5, 0.6) is 0 Å². The zero-order chi connectivity index (χ0) is 11.1. The molecule has 1 heterocycles. The molecule has 0 unspecified atom stereocenters. The Hall–Kier alpha value is -1.10. The minimum Gasteiger partial charge on any atom is -0.381 e. The maximum absolute atomic E-state index is 11.3. The maximum atomic E-state index is 11.3. The van der Waals surface area contributed by atoms with Gasteiger partial charge < -0.3 is 15.0 Å². The van der Waals surface area contributed by atoms with Crippen molar-refractivity contribution in [2.75, 3.05) is 32.8 Å². The molecule has 0 atom stereocenters. The van der Waals surface area contributed by atoms with Gasteiger partial charge in [-0.2, -0.15) is 0 Å². The second kappa shape index (κ2) is 6.40. The molecular formula is C10H18N2O3. The smallest absolute Gasteiger partial charge is 0.242 e. The number of nitrogens with zero attached hydrogens (tertiary/aromatic N) is 1. The van der Waals surface area contributed by atoms with Gasteiger partial charge in [-0.25, -0.2) is 0 Å². The molecule has 86 valence electrons. The van der Waals surface area contributed by atoms with Crippen molar-refractivity contribution in [3.63, 3.8) is 0 Å². The van der Waals surface area contributed by atoms with E-state index in [4.69, 9.17) is 4.74 Å². The summed E-state index contributed by atoms with van der Waals surface area (Å²) in [6, 6.07) is 0. The average molecular weight is 214 g/mol. The molecule has 5 nitrogen and oxygen atoms in total. The Morgan fingerprint density at radius 1 is 1.40 bits per heavy atom. The first-order valence-electron chi connectivity index (χ1n) is 5.36. The highest BCUT2D eigenvalue weighted by Crippen LogP contribution is 1.97. The first-order chi connectivity index (χ1) is 7.24. The van der Waals surface area contributed by atoms with E-state index in [1.54, 1.807) is 4.90 Å². The molecule has 0 aromatic heterocycles. The van der Waals surface area contributed by atoms with Gasteiger partial charge in [0.05, 0.1) is 13.1 Å². The molecule has 0 bridgehead atoms. The van der Waals surface area contributed by atoms with Crippen LogP contribution in [0.4, 0.5) is 0 Å². The lowest BCUT2D eigenvalue weighted by Gasteiger charge is -2.26. The summed E-state index contributed by atoms with van der Waals surface area (Å²) >= 11 is 0. The van der Waals surface area contributed by atoms with Crippen LogP contribution in [0.3, 0.4) is 0 Å². The summed E-state index contributed by atoms with van der Waals surface area (Å²) in [5.41, 5.74) is 0. The highest BCUT2D eigenvalue weighted by atomic mass is 16.5. The molecular weight excluding hydrogens is 196 g/mol. The molecule has 0 aromatic carbocycles. The number of piperazine rings is 1. The van der Waals surface area contributed by atoms with Gasteiger partial charge >= 0.3 is 0 Å². The van der Waals surface area contributed by atoms with Crippen molar-refractivity contribution >= 4 is 11.8 Å². The Bertz CT molecular complexity index is 231. The predicted octanol–water partition coefficient (Wildman–Crippen LogP) is -0.238. The van der Waals surface area contributed by atoms with E-state index in [-0.39, 0.29) is 24.9 Å². The van der Waals surface area contributed by atoms with E-state index >= 15 is 0 Å². The molecule has 1 saturated heterocycles. The highest BCUT2D eigenvalue weighted by molar-refractivity contribution is 5.92. The molecule has 0 aromatic rings. The summed E-state index contributed by atoms with van der Waals surface area (Å²) in [7, 11) is 0. The van der Waals surface area contributed by atoms with Crippen LogP contribution in [0.1, 0.15) is 19.8 Å². The van der Waals surface area contributed by atoms with Gasteiger partial charge in [-0.1, -0.05) is 6.92 Å². The van der Waals surface area contributed by atoms with E-state index in [9.17, 15) is 9.59 Å². The van der Waals surface area contributed by atoms with Crippen LogP contribution in [0.25, 0.3) is 0 Å². The monoisotopic (exact) mass is 214 g/mol. The molecule has 1 aliphatic rings. The molecule has 1 aliphatic heterocycles. The van der Waals surface area contributed by atoms with Gasteiger partial charge in [-0.3, -0.25) is 9.59 Å². The summed E-state index contributed by atoms with van der Waals surface area (Å²) in [4.78, 5) is 23.9. The number of hydrogen-bond donors (Lipinski definition) is 1. The number of hydrogen-bond acceptors (Lipinski definition) is 3. The molecule has 2 amide bonds. The van der Waals surface area contributed by atoms with E-state index < -0.39 is 0 Å². The third-order valence-electron chi connectivity index (χ3n) is 2.19. The van der Waals surface area contributed by atoms with E-state index in [2.05, 4.69) is 12.2 Å². The summed E-state index contributed by atoms with van der Waals surface area (Å²) in [5.74, 6) is -0.0887. The molecule has 0 saturated carbocycles. The first kappa shape index (κ1) is 12.0. The number of nitrogens with one attached hydrogen (secondary N) is 1. The second-order valence-electron chi connectivity index (χ2n) is 3.56. The van der Waals surface area contributed by atoms with E-state index in [0.29, 0.717) is 13.2 Å². The molecule has 0 spiro atoms. The van der Waals surface area contributed by atoms with Crippen LogP contribution in [0.15, 0.2) is 0 Å². The molecule has 15 heavy (non-hydrogen) atoms. The van der Waals surface area contributed by atoms with E-state index in [1.807, 2.05) is 0 Å². The molecule has 1 N–H and O–H groups in total. The summed E-state index contributed by atoms with van der Waals surface area (Å²) < 4.78 is 5.30. The van der Waals surface area contributed by atoms with Crippen LogP contribution in [0, 0.1) is 0 Å². The largest absolute Gasteiger partial charge is 0.381 e. The van der Waals surface area contributed by atoms with E-state index in [0.717, 1.165) is 19.4 Å². The third-order valence-corrected chi connectivity index (χ3v) is 2.19. The van der Waals surface area contributed by atoms with Crippen molar-refractivity contribution in [2.24, 2.45) is 0 Å². The standard InChI is InChI=1S/C10H18N2O3/c1-2-5-15-6-3-4-12-8-9(13)11-7-10(12)14/h2-8H2,1H3,(H,11,13). The third kappa shape index (κ3) is 4.29. The quantitative estimate of drug-likeness (QED) is 0.621. The van der Waals surface area contributed by atoms with Gasteiger partial charge in [0.1, 0.15) is 0 Å². The zero-order valence-electron chi connectivity index (χ0n) is 9.12. The number of ether oxygens (including phenoxy) is 1. The van der Waals surface area contributed by atoms with Gasteiger partial charge in [0, 0.05) is 19.8 Å². The predicted molar refractivity (Wildman–Crippen MR) is 55.3 cm³/mol. The van der Waals surface area contributed by atoms with Gasteiger partial charge in [0.15, 0.2) is 0 Å². The van der Waals surface area contributed by atoms with Crippen LogP contribution in [-0.2, 0) is 14.3 Å². The Morgan fingerprint density at radius 3 is 2.93 bits per heavy atom. The van der Waals surface area contributed by atoms with Crippen molar-refractivity contribution in [2.45, 2.75) is 19.8 Å². The topological polar surface area (TPSA) is 58.6 Å². The van der Waals surface area contributed by atoms with Crippen molar-refractivity contribution in [1.29, 1.82) is 0 Å². The minimum absolute atomic E-state index is 0.00917. The normalized spacial score (nSPS) is 16.7. The van der Waals surface area contributed by atoms with Crippen molar-refractivity contribution < 1.29 is 14.3 Å². The van der Waals surface area contributed by atoms with Gasteiger partial charge in [-0.05, 0) is 12.8 Å².